The quantitative estimate of drug-likeness (QED) is 0.648. The zero-order chi connectivity index (χ0) is 13.0. The van der Waals surface area contributed by atoms with E-state index in [0.717, 1.165) is 16.8 Å². The number of nitrogens with zero attached hydrogens (tertiary/aromatic N) is 2. The average molecular weight is 280 g/mol. The molecule has 0 bridgehead atoms. The molecule has 0 amide bonds. The summed E-state index contributed by atoms with van der Waals surface area (Å²) in [5.41, 5.74) is 1.27. The number of hydrogen-bond acceptors (Lipinski definition) is 6. The maximum atomic E-state index is 4.45. The minimum absolute atomic E-state index is 0.241. The zero-order valence-corrected chi connectivity index (χ0v) is 12.2. The van der Waals surface area contributed by atoms with Crippen molar-refractivity contribution < 1.29 is 0 Å². The molecule has 0 fully saturated rings. The number of anilines is 2. The summed E-state index contributed by atoms with van der Waals surface area (Å²) >= 11 is 3.24. The molecule has 18 heavy (non-hydrogen) atoms. The van der Waals surface area contributed by atoms with Gasteiger partial charge >= 0.3 is 0 Å². The first-order valence-corrected chi connectivity index (χ1v) is 7.79. The molecule has 2 heterocycles. The molecule has 0 radical (unpaired) electrons. The Hall–Kier alpha value is -1.27. The molecule has 0 aliphatic heterocycles. The normalized spacial score (nSPS) is 12.2. The summed E-state index contributed by atoms with van der Waals surface area (Å²) in [5, 5.41) is 11.4. The Morgan fingerprint density at radius 2 is 2.11 bits per heavy atom. The van der Waals surface area contributed by atoms with E-state index < -0.39 is 0 Å². The van der Waals surface area contributed by atoms with Crippen molar-refractivity contribution in [1.82, 2.24) is 9.97 Å². The van der Waals surface area contributed by atoms with Crippen LogP contribution in [-0.4, -0.2) is 23.3 Å². The van der Waals surface area contributed by atoms with Crippen molar-refractivity contribution in [2.24, 2.45) is 0 Å². The maximum absolute atomic E-state index is 4.45. The van der Waals surface area contributed by atoms with Gasteiger partial charge in [0.15, 0.2) is 5.16 Å². The van der Waals surface area contributed by atoms with E-state index in [2.05, 4.69) is 44.4 Å². The third-order valence-corrected chi connectivity index (χ3v) is 3.80. The minimum Gasteiger partial charge on any atom is -0.373 e. The molecule has 1 unspecified atom stereocenters. The molecule has 4 nitrogen and oxygen atoms in total. The third-order valence-electron chi connectivity index (χ3n) is 2.55. The standard InChI is InChI=1S/C12H16N4S2/c1-8(9-4-5-18-7-9)14-11-6-10(13-2)15-12(16-11)17-3/h4-8H,1-3H3,(H2,13,14,15,16). The Balaban J connectivity index is 2.17. The molecule has 2 aromatic heterocycles. The fourth-order valence-corrected chi connectivity index (χ4v) is 2.68. The van der Waals surface area contributed by atoms with Crippen LogP contribution in [0.2, 0.25) is 0 Å². The Morgan fingerprint density at radius 3 is 2.72 bits per heavy atom. The molecule has 2 aromatic rings. The van der Waals surface area contributed by atoms with E-state index in [1.807, 2.05) is 19.4 Å². The van der Waals surface area contributed by atoms with E-state index in [4.69, 9.17) is 0 Å². The highest BCUT2D eigenvalue weighted by Gasteiger charge is 2.08. The molecule has 0 saturated heterocycles. The predicted octanol–water partition coefficient (Wildman–Crippen LogP) is 3.47. The van der Waals surface area contributed by atoms with Gasteiger partial charge < -0.3 is 10.6 Å². The van der Waals surface area contributed by atoms with Crippen molar-refractivity contribution in [2.75, 3.05) is 23.9 Å². The first kappa shape index (κ1) is 13.2. The van der Waals surface area contributed by atoms with Gasteiger partial charge in [-0.15, -0.1) is 0 Å². The Morgan fingerprint density at radius 1 is 1.33 bits per heavy atom. The van der Waals surface area contributed by atoms with Gasteiger partial charge in [-0.05, 0) is 35.6 Å². The van der Waals surface area contributed by atoms with Crippen LogP contribution in [0.15, 0.2) is 28.0 Å². The van der Waals surface area contributed by atoms with Crippen LogP contribution < -0.4 is 10.6 Å². The topological polar surface area (TPSA) is 49.8 Å². The number of rotatable bonds is 5. The van der Waals surface area contributed by atoms with Gasteiger partial charge in [0.05, 0.1) is 6.04 Å². The second kappa shape index (κ2) is 6.06. The van der Waals surface area contributed by atoms with Crippen LogP contribution in [0.5, 0.6) is 0 Å². The molecule has 96 valence electrons. The highest BCUT2D eigenvalue weighted by atomic mass is 32.2. The minimum atomic E-state index is 0.241. The van der Waals surface area contributed by atoms with Gasteiger partial charge in [0.1, 0.15) is 11.6 Å². The van der Waals surface area contributed by atoms with Gasteiger partial charge in [0.2, 0.25) is 0 Å². The smallest absolute Gasteiger partial charge is 0.191 e. The van der Waals surface area contributed by atoms with Crippen molar-refractivity contribution >= 4 is 34.7 Å². The monoisotopic (exact) mass is 280 g/mol. The molecule has 1 atom stereocenters. The van der Waals surface area contributed by atoms with E-state index >= 15 is 0 Å². The molecular formula is C12H16N4S2. The zero-order valence-electron chi connectivity index (χ0n) is 10.6. The number of thiophene rings is 1. The van der Waals surface area contributed by atoms with Crippen LogP contribution in [0.3, 0.4) is 0 Å². The number of nitrogens with one attached hydrogen (secondary N) is 2. The fourth-order valence-electron chi connectivity index (χ4n) is 1.54. The van der Waals surface area contributed by atoms with Crippen molar-refractivity contribution in [1.29, 1.82) is 0 Å². The molecule has 0 saturated carbocycles. The lowest BCUT2D eigenvalue weighted by Gasteiger charge is -2.14. The summed E-state index contributed by atoms with van der Waals surface area (Å²) in [4.78, 5) is 8.80. The largest absolute Gasteiger partial charge is 0.373 e. The van der Waals surface area contributed by atoms with Crippen molar-refractivity contribution in [3.8, 4) is 0 Å². The second-order valence-corrected chi connectivity index (χ2v) is 5.35. The van der Waals surface area contributed by atoms with E-state index in [1.54, 1.807) is 11.3 Å². The summed E-state index contributed by atoms with van der Waals surface area (Å²) in [6, 6.07) is 4.28. The molecule has 2 rings (SSSR count). The van der Waals surface area contributed by atoms with Crippen LogP contribution in [0, 0.1) is 0 Å². The van der Waals surface area contributed by atoms with Gasteiger partial charge in [-0.1, -0.05) is 11.8 Å². The summed E-state index contributed by atoms with van der Waals surface area (Å²) in [6.07, 6.45) is 1.97. The fraction of sp³-hybridized carbons (Fsp3) is 0.333. The predicted molar refractivity (Wildman–Crippen MR) is 79.7 cm³/mol. The molecule has 2 N–H and O–H groups in total. The van der Waals surface area contributed by atoms with Crippen LogP contribution in [0.25, 0.3) is 0 Å². The van der Waals surface area contributed by atoms with Crippen molar-refractivity contribution in [3.63, 3.8) is 0 Å². The molecule has 6 heteroatoms. The summed E-state index contributed by atoms with van der Waals surface area (Å²) in [7, 11) is 1.86. The Kier molecular flexibility index (Phi) is 4.43. The number of aromatic nitrogens is 2. The average Bonchev–Trinajstić information content (AvgIpc) is 2.92. The SMILES string of the molecule is CNc1cc(NC(C)c2ccsc2)nc(SC)n1. The first-order chi connectivity index (χ1) is 8.72. The highest BCUT2D eigenvalue weighted by Crippen LogP contribution is 2.23. The molecule has 0 aromatic carbocycles. The van der Waals surface area contributed by atoms with Crippen molar-refractivity contribution in [3.05, 3.63) is 28.5 Å². The lowest BCUT2D eigenvalue weighted by molar-refractivity contribution is 0.861. The number of hydrogen-bond donors (Lipinski definition) is 2. The van der Waals surface area contributed by atoms with E-state index in [9.17, 15) is 0 Å². The highest BCUT2D eigenvalue weighted by molar-refractivity contribution is 7.98. The van der Waals surface area contributed by atoms with Crippen LogP contribution >= 0.6 is 23.1 Å². The Bertz CT molecular complexity index is 477. The molecular weight excluding hydrogens is 264 g/mol. The van der Waals surface area contributed by atoms with Gasteiger partial charge in [-0.25, -0.2) is 9.97 Å². The summed E-state index contributed by atoms with van der Waals surface area (Å²) < 4.78 is 0. The molecule has 0 spiro atoms. The van der Waals surface area contributed by atoms with Gasteiger partial charge in [0.25, 0.3) is 0 Å². The van der Waals surface area contributed by atoms with Crippen LogP contribution in [0.1, 0.15) is 18.5 Å². The molecule has 0 aliphatic rings. The van der Waals surface area contributed by atoms with E-state index in [-0.39, 0.29) is 6.04 Å². The summed E-state index contributed by atoms with van der Waals surface area (Å²) in [5.74, 6) is 1.67. The second-order valence-electron chi connectivity index (χ2n) is 3.80. The van der Waals surface area contributed by atoms with Crippen LogP contribution in [-0.2, 0) is 0 Å². The third kappa shape index (κ3) is 3.14. The Labute approximate surface area is 115 Å². The van der Waals surface area contributed by atoms with Gasteiger partial charge in [-0.3, -0.25) is 0 Å². The maximum Gasteiger partial charge on any atom is 0.191 e. The van der Waals surface area contributed by atoms with Crippen LogP contribution in [0.4, 0.5) is 11.6 Å². The van der Waals surface area contributed by atoms with Gasteiger partial charge in [-0.2, -0.15) is 11.3 Å². The lowest BCUT2D eigenvalue weighted by Crippen LogP contribution is -2.08. The van der Waals surface area contributed by atoms with Crippen molar-refractivity contribution in [2.45, 2.75) is 18.1 Å². The summed E-state index contributed by atoms with van der Waals surface area (Å²) in [6.45, 7) is 2.13. The molecule has 0 aliphatic carbocycles. The van der Waals surface area contributed by atoms with E-state index in [0.29, 0.717) is 0 Å². The van der Waals surface area contributed by atoms with Gasteiger partial charge in [0, 0.05) is 13.1 Å². The number of thioether (sulfide) groups is 1. The first-order valence-electron chi connectivity index (χ1n) is 5.62. The lowest BCUT2D eigenvalue weighted by atomic mass is 10.2. The van der Waals surface area contributed by atoms with E-state index in [1.165, 1.54) is 17.3 Å².